The summed E-state index contributed by atoms with van der Waals surface area (Å²) in [7, 11) is 0. The maximum atomic E-state index is 12.4. The van der Waals surface area contributed by atoms with E-state index in [-0.39, 0.29) is 17.7 Å². The number of aromatic nitrogens is 2. The molecule has 0 saturated carbocycles. The van der Waals surface area contributed by atoms with E-state index in [0.717, 1.165) is 47.1 Å². The van der Waals surface area contributed by atoms with Crippen LogP contribution in [0.15, 0.2) is 35.0 Å². The van der Waals surface area contributed by atoms with Crippen LogP contribution in [0.1, 0.15) is 55.5 Å². The van der Waals surface area contributed by atoms with Gasteiger partial charge in [-0.2, -0.15) is 11.8 Å². The Morgan fingerprint density at radius 3 is 2.52 bits per heavy atom. The summed E-state index contributed by atoms with van der Waals surface area (Å²) >= 11 is 4.73. The molecule has 0 aliphatic carbocycles. The Hall–Kier alpha value is -2.56. The fraction of sp³-hybridized carbons (Fsp3) is 0.348. The number of hydrogen-bond donors (Lipinski definition) is 1. The van der Waals surface area contributed by atoms with Gasteiger partial charge in [0.25, 0.3) is 17.7 Å². The molecule has 7 nitrogen and oxygen atoms in total. The Morgan fingerprint density at radius 1 is 1.03 bits per heavy atom. The van der Waals surface area contributed by atoms with E-state index in [2.05, 4.69) is 15.3 Å². The second kappa shape index (κ2) is 11.0. The van der Waals surface area contributed by atoms with Crippen molar-refractivity contribution in [3.63, 3.8) is 0 Å². The van der Waals surface area contributed by atoms with Crippen LogP contribution in [0.4, 0.5) is 0 Å². The first kappa shape index (κ1) is 23.6. The molecule has 0 saturated heterocycles. The third-order valence-electron chi connectivity index (χ3n) is 5.22. The number of imide groups is 1. The second-order valence-electron chi connectivity index (χ2n) is 7.53. The van der Waals surface area contributed by atoms with E-state index in [1.54, 1.807) is 52.7 Å². The number of rotatable bonds is 11. The van der Waals surface area contributed by atoms with Crippen LogP contribution < -0.4 is 5.32 Å². The first-order chi connectivity index (χ1) is 16.1. The van der Waals surface area contributed by atoms with Gasteiger partial charge in [-0.25, -0.2) is 9.97 Å². The van der Waals surface area contributed by atoms with Gasteiger partial charge in [-0.3, -0.25) is 19.3 Å². The standard InChI is InChI=1S/C23H24N4O3S3/c1-31-12-6-10-24-20(28)17-13-33-21(26-17)18-14-32-19(25-18)9-4-5-11-27-22(29)15-7-2-3-8-16(15)23(27)30/h2-3,7-8,13-14H,4-6,9-12H2,1H3,(H,24,28). The van der Waals surface area contributed by atoms with Gasteiger partial charge in [-0.1, -0.05) is 12.1 Å². The van der Waals surface area contributed by atoms with Crippen LogP contribution in [0, 0.1) is 0 Å². The summed E-state index contributed by atoms with van der Waals surface area (Å²) in [4.78, 5) is 47.5. The number of nitrogens with zero attached hydrogens (tertiary/aromatic N) is 3. The van der Waals surface area contributed by atoms with Crippen LogP contribution in [-0.2, 0) is 6.42 Å². The molecule has 1 aliphatic heterocycles. The highest BCUT2D eigenvalue weighted by molar-refractivity contribution is 7.98. The Balaban J connectivity index is 1.25. The van der Waals surface area contributed by atoms with Crippen molar-refractivity contribution in [2.24, 2.45) is 0 Å². The van der Waals surface area contributed by atoms with Crippen LogP contribution in [0.5, 0.6) is 0 Å². The van der Waals surface area contributed by atoms with E-state index in [4.69, 9.17) is 0 Å². The van der Waals surface area contributed by atoms with Gasteiger partial charge in [0.15, 0.2) is 0 Å². The summed E-state index contributed by atoms with van der Waals surface area (Å²) in [6.45, 7) is 1.06. The smallest absolute Gasteiger partial charge is 0.270 e. The SMILES string of the molecule is CSCCCNC(=O)c1csc(-c2csc(CCCCN3C(=O)c4ccccc4C3=O)n2)n1. The summed E-state index contributed by atoms with van der Waals surface area (Å²) < 4.78 is 0. The van der Waals surface area contributed by atoms with Gasteiger partial charge in [0.1, 0.15) is 16.4 Å². The van der Waals surface area contributed by atoms with E-state index in [1.165, 1.54) is 16.2 Å². The lowest BCUT2D eigenvalue weighted by molar-refractivity contribution is 0.0651. The van der Waals surface area contributed by atoms with Crippen molar-refractivity contribution >= 4 is 52.2 Å². The van der Waals surface area contributed by atoms with Crippen molar-refractivity contribution in [2.75, 3.05) is 25.1 Å². The summed E-state index contributed by atoms with van der Waals surface area (Å²) in [6.07, 6.45) is 5.29. The molecule has 0 atom stereocenters. The highest BCUT2D eigenvalue weighted by Crippen LogP contribution is 2.27. The van der Waals surface area contributed by atoms with Crippen LogP contribution in [-0.4, -0.2) is 57.7 Å². The number of carbonyl (C=O) groups excluding carboxylic acids is 3. The molecule has 33 heavy (non-hydrogen) atoms. The topological polar surface area (TPSA) is 92.3 Å². The molecule has 1 aliphatic rings. The first-order valence-electron chi connectivity index (χ1n) is 10.7. The number of fused-ring (bicyclic) bond motifs is 1. The molecule has 4 rings (SSSR count). The lowest BCUT2D eigenvalue weighted by atomic mass is 10.1. The van der Waals surface area contributed by atoms with E-state index >= 15 is 0 Å². The molecule has 3 aromatic rings. The van der Waals surface area contributed by atoms with Gasteiger partial charge >= 0.3 is 0 Å². The summed E-state index contributed by atoms with van der Waals surface area (Å²) in [5.41, 5.74) is 2.18. The summed E-state index contributed by atoms with van der Waals surface area (Å²) in [5.74, 6) is 0.449. The number of hydrogen-bond acceptors (Lipinski definition) is 8. The second-order valence-corrected chi connectivity index (χ2v) is 10.3. The molecule has 3 amide bonds. The van der Waals surface area contributed by atoms with E-state index in [9.17, 15) is 14.4 Å². The van der Waals surface area contributed by atoms with Gasteiger partial charge in [0.05, 0.1) is 16.1 Å². The molecule has 1 N–H and O–H groups in total. The average molecular weight is 501 g/mol. The zero-order valence-corrected chi connectivity index (χ0v) is 20.7. The molecule has 0 spiro atoms. The summed E-state index contributed by atoms with van der Waals surface area (Å²) in [6, 6.07) is 6.95. The third kappa shape index (κ3) is 5.51. The molecular formula is C23H24N4O3S3. The largest absolute Gasteiger partial charge is 0.351 e. The minimum atomic E-state index is -0.208. The number of amides is 3. The monoisotopic (exact) mass is 500 g/mol. The zero-order chi connectivity index (χ0) is 23.2. The molecule has 172 valence electrons. The Labute approximate surface area is 204 Å². The number of unbranched alkanes of at least 4 members (excludes halogenated alkanes) is 1. The zero-order valence-electron chi connectivity index (χ0n) is 18.2. The van der Waals surface area contributed by atoms with E-state index in [0.29, 0.717) is 29.9 Å². The van der Waals surface area contributed by atoms with Gasteiger partial charge in [-0.15, -0.1) is 22.7 Å². The third-order valence-corrected chi connectivity index (χ3v) is 7.69. The van der Waals surface area contributed by atoms with E-state index < -0.39 is 0 Å². The van der Waals surface area contributed by atoms with E-state index in [1.807, 2.05) is 11.6 Å². The Bertz CT molecular complexity index is 1120. The van der Waals surface area contributed by atoms with Crippen molar-refractivity contribution in [2.45, 2.75) is 25.7 Å². The van der Waals surface area contributed by atoms with Gasteiger partial charge in [-0.05, 0) is 49.8 Å². The van der Waals surface area contributed by atoms with Crippen molar-refractivity contribution < 1.29 is 14.4 Å². The van der Waals surface area contributed by atoms with Crippen LogP contribution >= 0.6 is 34.4 Å². The Kier molecular flexibility index (Phi) is 7.89. The fourth-order valence-electron chi connectivity index (χ4n) is 3.52. The van der Waals surface area contributed by atoms with Gasteiger partial charge < -0.3 is 5.32 Å². The maximum Gasteiger partial charge on any atom is 0.270 e. The van der Waals surface area contributed by atoms with Crippen molar-refractivity contribution in [3.05, 3.63) is 56.9 Å². The number of benzene rings is 1. The van der Waals surface area contributed by atoms with Crippen molar-refractivity contribution in [1.29, 1.82) is 0 Å². The molecule has 10 heteroatoms. The molecule has 0 bridgehead atoms. The number of carbonyl (C=O) groups is 3. The van der Waals surface area contributed by atoms with Crippen LogP contribution in [0.2, 0.25) is 0 Å². The first-order valence-corrected chi connectivity index (χ1v) is 13.9. The summed E-state index contributed by atoms with van der Waals surface area (Å²) in [5, 5.41) is 8.33. The average Bonchev–Trinajstić information content (AvgIpc) is 3.55. The van der Waals surface area contributed by atoms with Gasteiger partial charge in [0, 0.05) is 23.8 Å². The molecule has 1 aromatic carbocycles. The van der Waals surface area contributed by atoms with Crippen LogP contribution in [0.25, 0.3) is 10.7 Å². The molecule has 3 heterocycles. The van der Waals surface area contributed by atoms with Crippen LogP contribution in [0.3, 0.4) is 0 Å². The predicted octanol–water partition coefficient (Wildman–Crippen LogP) is 4.37. The maximum absolute atomic E-state index is 12.4. The molecular weight excluding hydrogens is 476 g/mol. The predicted molar refractivity (Wildman–Crippen MR) is 133 cm³/mol. The molecule has 2 aromatic heterocycles. The Morgan fingerprint density at radius 2 is 1.79 bits per heavy atom. The normalized spacial score (nSPS) is 12.9. The number of thiazole rings is 2. The minimum Gasteiger partial charge on any atom is -0.351 e. The van der Waals surface area contributed by atoms with Crippen molar-refractivity contribution in [1.82, 2.24) is 20.2 Å². The number of aryl methyl sites for hydroxylation is 1. The lowest BCUT2D eigenvalue weighted by Crippen LogP contribution is -2.30. The van der Waals surface area contributed by atoms with Gasteiger partial charge in [0.2, 0.25) is 0 Å². The molecule has 0 unspecified atom stereocenters. The number of thioether (sulfide) groups is 1. The van der Waals surface area contributed by atoms with Crippen molar-refractivity contribution in [3.8, 4) is 10.7 Å². The lowest BCUT2D eigenvalue weighted by Gasteiger charge is -2.13. The quantitative estimate of drug-likeness (QED) is 0.311. The minimum absolute atomic E-state index is 0.151. The highest BCUT2D eigenvalue weighted by atomic mass is 32.2. The molecule has 0 fully saturated rings. The fourth-order valence-corrected chi connectivity index (χ4v) is 5.61. The highest BCUT2D eigenvalue weighted by Gasteiger charge is 2.34. The molecule has 0 radical (unpaired) electrons. The number of nitrogens with one attached hydrogen (secondary N) is 1.